The number of halogens is 1. The highest BCUT2D eigenvalue weighted by Gasteiger charge is 2.25. The van der Waals surface area contributed by atoms with Crippen molar-refractivity contribution >= 4 is 47.6 Å². The van der Waals surface area contributed by atoms with E-state index in [9.17, 15) is 9.59 Å². The second kappa shape index (κ2) is 11.8. The molecule has 166 valence electrons. The van der Waals surface area contributed by atoms with Gasteiger partial charge in [0.15, 0.2) is 12.6 Å². The summed E-state index contributed by atoms with van der Waals surface area (Å²) in [5, 5.41) is 6.71. The van der Waals surface area contributed by atoms with Gasteiger partial charge in [0.25, 0.3) is 5.91 Å². The maximum absolute atomic E-state index is 12.2. The van der Waals surface area contributed by atoms with Gasteiger partial charge >= 0.3 is 6.09 Å². The molecule has 10 heteroatoms. The Labute approximate surface area is 194 Å². The van der Waals surface area contributed by atoms with Crippen LogP contribution >= 0.6 is 24.0 Å². The van der Waals surface area contributed by atoms with Gasteiger partial charge in [-0.15, -0.1) is 24.0 Å². The number of carbonyl (C=O) groups excluding carboxylic acids is 2. The average Bonchev–Trinajstić information content (AvgIpc) is 2.76. The van der Waals surface area contributed by atoms with E-state index in [4.69, 9.17) is 9.47 Å². The van der Waals surface area contributed by atoms with Crippen molar-refractivity contribution in [1.82, 2.24) is 15.5 Å². The highest BCUT2D eigenvalue weighted by Crippen LogP contribution is 2.31. The number of hydrogen-bond acceptors (Lipinski definition) is 5. The summed E-state index contributed by atoms with van der Waals surface area (Å²) in [4.78, 5) is 31.5. The second-order valence-electron chi connectivity index (χ2n) is 7.03. The van der Waals surface area contributed by atoms with Gasteiger partial charge in [-0.3, -0.25) is 9.79 Å². The number of ether oxygens (including phenoxy) is 2. The Bertz CT molecular complexity index is 752. The largest absolute Gasteiger partial charge is 0.482 e. The van der Waals surface area contributed by atoms with E-state index in [-0.39, 0.29) is 48.6 Å². The van der Waals surface area contributed by atoms with Gasteiger partial charge in [-0.1, -0.05) is 12.1 Å². The lowest BCUT2D eigenvalue weighted by molar-refractivity contribution is -0.121. The van der Waals surface area contributed by atoms with E-state index in [1.54, 1.807) is 16.8 Å². The number of amides is 2. The van der Waals surface area contributed by atoms with Crippen molar-refractivity contribution in [2.24, 2.45) is 4.99 Å². The quantitative estimate of drug-likeness (QED) is 0.261. The van der Waals surface area contributed by atoms with Crippen LogP contribution in [-0.4, -0.2) is 75.8 Å². The molecule has 0 radical (unpaired) electrons. The van der Waals surface area contributed by atoms with Crippen LogP contribution in [0.4, 0.5) is 10.5 Å². The Kier molecular flexibility index (Phi) is 9.47. The van der Waals surface area contributed by atoms with Gasteiger partial charge in [0, 0.05) is 39.3 Å². The Balaban J connectivity index is 0.00000320. The lowest BCUT2D eigenvalue weighted by atomic mass is 10.1. The summed E-state index contributed by atoms with van der Waals surface area (Å²) in [5.74, 6) is 1.45. The first-order valence-electron chi connectivity index (χ1n) is 9.94. The molecule has 30 heavy (non-hydrogen) atoms. The molecule has 3 rings (SSSR count). The number of piperidine rings is 1. The summed E-state index contributed by atoms with van der Waals surface area (Å²) >= 11 is 0. The number of para-hydroxylation sites is 2. The van der Waals surface area contributed by atoms with E-state index >= 15 is 0 Å². The minimum Gasteiger partial charge on any atom is -0.482 e. The second-order valence-corrected chi connectivity index (χ2v) is 7.03. The predicted molar refractivity (Wildman–Crippen MR) is 126 cm³/mol. The number of guanidine groups is 1. The van der Waals surface area contributed by atoms with E-state index < -0.39 is 0 Å². The van der Waals surface area contributed by atoms with E-state index in [0.717, 1.165) is 36.7 Å². The summed E-state index contributed by atoms with van der Waals surface area (Å²) in [5.41, 5.74) is 0.823. The van der Waals surface area contributed by atoms with Crippen LogP contribution in [0.15, 0.2) is 29.3 Å². The summed E-state index contributed by atoms with van der Waals surface area (Å²) in [6.07, 6.45) is 2.19. The first-order chi connectivity index (χ1) is 14.1. The molecule has 0 atom stereocenters. The highest BCUT2D eigenvalue weighted by molar-refractivity contribution is 14.0. The third kappa shape index (κ3) is 6.13. The van der Waals surface area contributed by atoms with E-state index in [0.29, 0.717) is 26.2 Å². The number of aliphatic imine (C=N–C) groups is 1. The minimum atomic E-state index is -0.273. The first kappa shape index (κ1) is 24.0. The zero-order chi connectivity index (χ0) is 20.6. The summed E-state index contributed by atoms with van der Waals surface area (Å²) in [6.45, 7) is 2.71. The van der Waals surface area contributed by atoms with Crippen molar-refractivity contribution in [2.45, 2.75) is 25.3 Å². The molecule has 1 aromatic rings. The number of benzene rings is 1. The highest BCUT2D eigenvalue weighted by atomic mass is 127. The van der Waals surface area contributed by atoms with Crippen LogP contribution in [0.2, 0.25) is 0 Å². The molecule has 0 bridgehead atoms. The van der Waals surface area contributed by atoms with Gasteiger partial charge in [0.2, 0.25) is 0 Å². The maximum Gasteiger partial charge on any atom is 0.409 e. The Morgan fingerprint density at radius 2 is 2.03 bits per heavy atom. The molecule has 2 N–H and O–H groups in total. The molecule has 0 saturated carbocycles. The molecule has 2 amide bonds. The lowest BCUT2D eigenvalue weighted by Crippen LogP contribution is -2.50. The van der Waals surface area contributed by atoms with Crippen LogP contribution in [-0.2, 0) is 9.53 Å². The molecule has 9 nitrogen and oxygen atoms in total. The Morgan fingerprint density at radius 3 is 2.73 bits per heavy atom. The van der Waals surface area contributed by atoms with Gasteiger partial charge in [-0.05, 0) is 31.4 Å². The lowest BCUT2D eigenvalue weighted by Gasteiger charge is -2.32. The van der Waals surface area contributed by atoms with Crippen molar-refractivity contribution < 1.29 is 19.1 Å². The molecular formula is C20H30IN5O4. The molecule has 0 unspecified atom stereocenters. The monoisotopic (exact) mass is 531 g/mol. The fourth-order valence-electron chi connectivity index (χ4n) is 3.57. The molecule has 0 spiro atoms. The maximum atomic E-state index is 12.2. The van der Waals surface area contributed by atoms with Gasteiger partial charge in [-0.25, -0.2) is 4.79 Å². The molecule has 0 aliphatic carbocycles. The van der Waals surface area contributed by atoms with E-state index in [1.165, 1.54) is 7.11 Å². The minimum absolute atomic E-state index is 0. The molecular weight excluding hydrogens is 501 g/mol. The van der Waals surface area contributed by atoms with Crippen LogP contribution in [0.25, 0.3) is 0 Å². The van der Waals surface area contributed by atoms with Crippen LogP contribution in [0, 0.1) is 0 Å². The number of nitrogens with one attached hydrogen (secondary N) is 2. The SMILES string of the molecule is CN=C(NCCCN1C(=O)COc2ccccc21)NC1CCN(C(=O)OC)CC1.I. The van der Waals surface area contributed by atoms with E-state index in [2.05, 4.69) is 15.6 Å². The molecule has 2 aliphatic rings. The zero-order valence-electron chi connectivity index (χ0n) is 17.4. The van der Waals surface area contributed by atoms with Crippen molar-refractivity contribution in [1.29, 1.82) is 0 Å². The fourth-order valence-corrected chi connectivity index (χ4v) is 3.57. The van der Waals surface area contributed by atoms with Crippen LogP contribution in [0.3, 0.4) is 0 Å². The van der Waals surface area contributed by atoms with Gasteiger partial charge in [-0.2, -0.15) is 0 Å². The summed E-state index contributed by atoms with van der Waals surface area (Å²) in [6, 6.07) is 7.85. The number of hydrogen-bond donors (Lipinski definition) is 2. The molecule has 2 aliphatic heterocycles. The van der Waals surface area contributed by atoms with E-state index in [1.807, 2.05) is 24.3 Å². The number of likely N-dealkylation sites (tertiary alicyclic amines) is 1. The molecule has 2 heterocycles. The number of methoxy groups -OCH3 is 1. The van der Waals surface area contributed by atoms with Crippen LogP contribution in [0.1, 0.15) is 19.3 Å². The third-order valence-corrected chi connectivity index (χ3v) is 5.15. The molecule has 0 aromatic heterocycles. The Hall–Kier alpha value is -2.24. The molecule has 1 saturated heterocycles. The standard InChI is InChI=1S/C20H29N5O4.HI/c1-21-19(23-15-8-12-24(13-9-15)20(27)28-2)22-10-5-11-25-16-6-3-4-7-17(16)29-14-18(25)26;/h3-4,6-7,15H,5,8-14H2,1-2H3,(H2,21,22,23);1H. The number of nitrogens with zero attached hydrogens (tertiary/aromatic N) is 3. The fraction of sp³-hybridized carbons (Fsp3) is 0.550. The van der Waals surface area contributed by atoms with Crippen molar-refractivity contribution in [3.8, 4) is 5.75 Å². The zero-order valence-corrected chi connectivity index (χ0v) is 19.8. The van der Waals surface area contributed by atoms with Gasteiger partial charge < -0.3 is 29.9 Å². The van der Waals surface area contributed by atoms with Gasteiger partial charge in [0.05, 0.1) is 12.8 Å². The molecule has 1 aromatic carbocycles. The molecule has 1 fully saturated rings. The smallest absolute Gasteiger partial charge is 0.409 e. The Morgan fingerprint density at radius 1 is 1.30 bits per heavy atom. The third-order valence-electron chi connectivity index (χ3n) is 5.15. The van der Waals surface area contributed by atoms with Gasteiger partial charge in [0.1, 0.15) is 5.75 Å². The van der Waals surface area contributed by atoms with Crippen molar-refractivity contribution in [3.63, 3.8) is 0 Å². The first-order valence-corrected chi connectivity index (χ1v) is 9.94. The number of carbonyl (C=O) groups is 2. The predicted octanol–water partition coefficient (Wildman–Crippen LogP) is 1.82. The normalized spacial score (nSPS) is 16.9. The average molecular weight is 531 g/mol. The number of anilines is 1. The van der Waals surface area contributed by atoms with Crippen LogP contribution < -0.4 is 20.3 Å². The summed E-state index contributed by atoms with van der Waals surface area (Å²) in [7, 11) is 3.14. The van der Waals surface area contributed by atoms with Crippen molar-refractivity contribution in [2.75, 3.05) is 51.8 Å². The summed E-state index contributed by atoms with van der Waals surface area (Å²) < 4.78 is 10.2. The number of fused-ring (bicyclic) bond motifs is 1. The topological polar surface area (TPSA) is 95.5 Å². The van der Waals surface area contributed by atoms with Crippen LogP contribution in [0.5, 0.6) is 5.75 Å². The number of rotatable bonds is 5. The van der Waals surface area contributed by atoms with Crippen molar-refractivity contribution in [3.05, 3.63) is 24.3 Å².